The van der Waals surface area contributed by atoms with E-state index in [9.17, 15) is 0 Å². The summed E-state index contributed by atoms with van der Waals surface area (Å²) in [4.78, 5) is 0. The molecule has 1 rings (SSSR count). The minimum absolute atomic E-state index is 0.203. The summed E-state index contributed by atoms with van der Waals surface area (Å²) in [7, 11) is 1.70. The lowest BCUT2D eigenvalue weighted by Crippen LogP contribution is -2.29. The molecule has 1 aromatic rings. The minimum atomic E-state index is -0.480. The maximum Gasteiger partial charge on any atom is 0.142 e. The molecule has 0 bridgehead atoms. The smallest absolute Gasteiger partial charge is 0.142 e. The number of aryl methyl sites for hydroxylation is 2. The van der Waals surface area contributed by atoms with Gasteiger partial charge in [-0.25, -0.2) is 0 Å². The van der Waals surface area contributed by atoms with Gasteiger partial charge in [0.25, 0.3) is 0 Å². The van der Waals surface area contributed by atoms with Crippen LogP contribution in [0.15, 0.2) is 0 Å². The average Bonchev–Trinajstić information content (AvgIpc) is 2.49. The molecule has 0 saturated carbocycles. The number of aromatic nitrogens is 2. The Morgan fingerprint density at radius 2 is 2.13 bits per heavy atom. The molecule has 0 unspecified atom stereocenters. The Hall–Kier alpha value is -1.58. The van der Waals surface area contributed by atoms with Crippen LogP contribution in [0, 0.1) is 18.3 Å². The first-order valence-electron chi connectivity index (χ1n) is 4.56. The van der Waals surface area contributed by atoms with Gasteiger partial charge in [0.2, 0.25) is 0 Å². The zero-order valence-electron chi connectivity index (χ0n) is 8.73. The molecule has 0 amide bonds. The summed E-state index contributed by atoms with van der Waals surface area (Å²) >= 11 is 0. The molecule has 1 aromatic heterocycles. The zero-order valence-corrected chi connectivity index (χ0v) is 8.73. The fourth-order valence-corrected chi connectivity index (χ4v) is 1.30. The van der Waals surface area contributed by atoms with Crippen molar-refractivity contribution in [3.05, 3.63) is 11.3 Å². The van der Waals surface area contributed by atoms with E-state index in [4.69, 9.17) is 15.5 Å². The Balaban J connectivity index is 2.98. The predicted octanol–water partition coefficient (Wildman–Crippen LogP) is -0.635. The Morgan fingerprint density at radius 3 is 2.60 bits per heavy atom. The van der Waals surface area contributed by atoms with Gasteiger partial charge >= 0.3 is 0 Å². The summed E-state index contributed by atoms with van der Waals surface area (Å²) in [5.41, 5.74) is 1.06. The third-order valence-corrected chi connectivity index (χ3v) is 2.12. The van der Waals surface area contributed by atoms with Gasteiger partial charge < -0.3 is 15.5 Å². The summed E-state index contributed by atoms with van der Waals surface area (Å²) in [5, 5.41) is 33.7. The van der Waals surface area contributed by atoms with Crippen LogP contribution in [-0.2, 0) is 7.05 Å². The van der Waals surface area contributed by atoms with Crippen LogP contribution in [0.2, 0.25) is 0 Å². The van der Waals surface area contributed by atoms with Gasteiger partial charge in [0.1, 0.15) is 17.5 Å². The van der Waals surface area contributed by atoms with E-state index < -0.39 is 6.04 Å². The maximum atomic E-state index is 8.91. The standard InChI is InChI=1S/C9H14N4O2/c1-6-8(3-10)9(13(2)12-6)11-7(4-14)5-15/h7,11,14-15H,4-5H2,1-2H3. The molecule has 0 atom stereocenters. The number of nitrogens with one attached hydrogen (secondary N) is 1. The number of nitrogens with zero attached hydrogens (tertiary/aromatic N) is 3. The number of hydrogen-bond donors (Lipinski definition) is 3. The van der Waals surface area contributed by atoms with Gasteiger partial charge in [-0.3, -0.25) is 4.68 Å². The molecule has 0 aliphatic rings. The lowest BCUT2D eigenvalue weighted by atomic mass is 10.2. The van der Waals surface area contributed by atoms with E-state index in [0.717, 1.165) is 0 Å². The topological polar surface area (TPSA) is 94.1 Å². The SMILES string of the molecule is Cc1nn(C)c(NC(CO)CO)c1C#N. The monoisotopic (exact) mass is 210 g/mol. The molecular formula is C9H14N4O2. The van der Waals surface area contributed by atoms with E-state index in [-0.39, 0.29) is 13.2 Å². The van der Waals surface area contributed by atoms with E-state index in [0.29, 0.717) is 17.1 Å². The lowest BCUT2D eigenvalue weighted by Gasteiger charge is -2.14. The summed E-state index contributed by atoms with van der Waals surface area (Å²) < 4.78 is 1.52. The van der Waals surface area contributed by atoms with E-state index in [2.05, 4.69) is 10.4 Å². The average molecular weight is 210 g/mol. The number of hydrogen-bond acceptors (Lipinski definition) is 5. The van der Waals surface area contributed by atoms with Crippen molar-refractivity contribution in [2.24, 2.45) is 7.05 Å². The van der Waals surface area contributed by atoms with E-state index in [1.807, 2.05) is 6.07 Å². The van der Waals surface area contributed by atoms with Gasteiger partial charge in [-0.15, -0.1) is 0 Å². The van der Waals surface area contributed by atoms with E-state index in [1.54, 1.807) is 14.0 Å². The van der Waals surface area contributed by atoms with Gasteiger partial charge in [0.15, 0.2) is 0 Å². The molecule has 3 N–H and O–H groups in total. The van der Waals surface area contributed by atoms with Gasteiger partial charge in [-0.05, 0) is 6.92 Å². The highest BCUT2D eigenvalue weighted by Crippen LogP contribution is 2.17. The largest absolute Gasteiger partial charge is 0.394 e. The second kappa shape index (κ2) is 4.77. The van der Waals surface area contributed by atoms with E-state index >= 15 is 0 Å². The summed E-state index contributed by atoms with van der Waals surface area (Å²) in [6, 6.07) is 1.55. The second-order valence-corrected chi connectivity index (χ2v) is 3.25. The molecule has 82 valence electrons. The molecule has 0 aliphatic carbocycles. The van der Waals surface area contributed by atoms with Crippen LogP contribution in [0.4, 0.5) is 5.82 Å². The van der Waals surface area contributed by atoms with Crippen LogP contribution in [-0.4, -0.2) is 39.2 Å². The lowest BCUT2D eigenvalue weighted by molar-refractivity contribution is 0.203. The van der Waals surface area contributed by atoms with Crippen LogP contribution in [0.3, 0.4) is 0 Å². The maximum absolute atomic E-state index is 8.91. The van der Waals surface area contributed by atoms with Gasteiger partial charge in [0, 0.05) is 7.05 Å². The van der Waals surface area contributed by atoms with Crippen molar-refractivity contribution >= 4 is 5.82 Å². The van der Waals surface area contributed by atoms with Crippen molar-refractivity contribution in [1.29, 1.82) is 5.26 Å². The Kier molecular flexibility index (Phi) is 3.66. The third kappa shape index (κ3) is 2.26. The van der Waals surface area contributed by atoms with Crippen molar-refractivity contribution in [3.8, 4) is 6.07 Å². The number of rotatable bonds is 4. The van der Waals surface area contributed by atoms with Gasteiger partial charge in [-0.1, -0.05) is 0 Å². The van der Waals surface area contributed by atoms with Crippen LogP contribution in [0.25, 0.3) is 0 Å². The molecule has 0 aliphatic heterocycles. The summed E-state index contributed by atoms with van der Waals surface area (Å²) in [5.74, 6) is 0.517. The summed E-state index contributed by atoms with van der Waals surface area (Å²) in [6.07, 6.45) is 0. The molecule has 0 spiro atoms. The molecule has 15 heavy (non-hydrogen) atoms. The Morgan fingerprint density at radius 1 is 1.53 bits per heavy atom. The molecular weight excluding hydrogens is 196 g/mol. The fraction of sp³-hybridized carbons (Fsp3) is 0.556. The first kappa shape index (κ1) is 11.5. The van der Waals surface area contributed by atoms with Gasteiger partial charge in [0.05, 0.1) is 24.9 Å². The number of nitriles is 1. The number of anilines is 1. The zero-order chi connectivity index (χ0) is 11.4. The highest BCUT2D eigenvalue weighted by molar-refractivity contribution is 5.55. The fourth-order valence-electron chi connectivity index (χ4n) is 1.30. The number of aliphatic hydroxyl groups excluding tert-OH is 2. The molecule has 0 aromatic carbocycles. The van der Waals surface area contributed by atoms with E-state index in [1.165, 1.54) is 4.68 Å². The van der Waals surface area contributed by atoms with Gasteiger partial charge in [-0.2, -0.15) is 10.4 Å². The molecule has 0 saturated heterocycles. The first-order valence-corrected chi connectivity index (χ1v) is 4.56. The minimum Gasteiger partial charge on any atom is -0.394 e. The van der Waals surface area contributed by atoms with Crippen molar-refractivity contribution < 1.29 is 10.2 Å². The third-order valence-electron chi connectivity index (χ3n) is 2.12. The molecule has 6 heteroatoms. The van der Waals surface area contributed by atoms with Crippen LogP contribution < -0.4 is 5.32 Å². The number of aliphatic hydroxyl groups is 2. The van der Waals surface area contributed by atoms with Crippen molar-refractivity contribution in [3.63, 3.8) is 0 Å². The van der Waals surface area contributed by atoms with Crippen LogP contribution >= 0.6 is 0 Å². The van der Waals surface area contributed by atoms with Crippen molar-refractivity contribution in [2.45, 2.75) is 13.0 Å². The first-order chi connectivity index (χ1) is 7.13. The molecule has 0 radical (unpaired) electrons. The molecule has 0 fully saturated rings. The Labute approximate surface area is 87.8 Å². The highest BCUT2D eigenvalue weighted by Gasteiger charge is 2.15. The van der Waals surface area contributed by atoms with Crippen LogP contribution in [0.5, 0.6) is 0 Å². The second-order valence-electron chi connectivity index (χ2n) is 3.25. The van der Waals surface area contributed by atoms with Crippen molar-refractivity contribution in [2.75, 3.05) is 18.5 Å². The van der Waals surface area contributed by atoms with Crippen LogP contribution in [0.1, 0.15) is 11.3 Å². The highest BCUT2D eigenvalue weighted by atomic mass is 16.3. The van der Waals surface area contributed by atoms with Crippen molar-refractivity contribution in [1.82, 2.24) is 9.78 Å². The Bertz CT molecular complexity index is 376. The molecule has 6 nitrogen and oxygen atoms in total. The summed E-state index contributed by atoms with van der Waals surface area (Å²) in [6.45, 7) is 1.33. The quantitative estimate of drug-likeness (QED) is 0.615. The predicted molar refractivity (Wildman–Crippen MR) is 54.2 cm³/mol. The normalized spacial score (nSPS) is 10.4. The molecule has 1 heterocycles.